The molecule has 1 aromatic carbocycles. The third-order valence-electron chi connectivity index (χ3n) is 3.89. The molecular weight excluding hydrogens is 288 g/mol. The first-order chi connectivity index (χ1) is 10.2. The number of nitrogens with one attached hydrogen (secondary N) is 2. The summed E-state index contributed by atoms with van der Waals surface area (Å²) in [6, 6.07) is 10.5. The van der Waals surface area contributed by atoms with E-state index >= 15 is 0 Å². The molecule has 5 nitrogen and oxygen atoms in total. The Balaban J connectivity index is 1.63. The monoisotopic (exact) mass is 305 g/mol. The lowest BCUT2D eigenvalue weighted by Gasteiger charge is -2.33. The minimum atomic E-state index is -0.326. The quantitative estimate of drug-likeness (QED) is 0.859. The lowest BCUT2D eigenvalue weighted by atomic mass is 10.2. The Bertz CT molecular complexity index is 650. The van der Waals surface area contributed by atoms with Crippen molar-refractivity contribution in [2.45, 2.75) is 6.54 Å². The van der Waals surface area contributed by atoms with Gasteiger partial charge in [-0.25, -0.2) is 5.10 Å². The van der Waals surface area contributed by atoms with Gasteiger partial charge in [0.15, 0.2) is 0 Å². The molecular formula is C15H18ClN4O+. The molecule has 0 radical (unpaired) electrons. The molecule has 0 saturated carbocycles. The maximum absolute atomic E-state index is 11.5. The van der Waals surface area contributed by atoms with Crippen LogP contribution in [0.25, 0.3) is 0 Å². The molecule has 6 heteroatoms. The van der Waals surface area contributed by atoms with Crippen LogP contribution >= 0.6 is 11.6 Å². The number of H-pyrrole nitrogens is 1. The van der Waals surface area contributed by atoms with Crippen LogP contribution in [0.2, 0.25) is 5.02 Å². The van der Waals surface area contributed by atoms with E-state index in [-0.39, 0.29) is 10.6 Å². The van der Waals surface area contributed by atoms with Gasteiger partial charge in [-0.15, -0.1) is 0 Å². The van der Waals surface area contributed by atoms with Gasteiger partial charge in [0.2, 0.25) is 0 Å². The third-order valence-corrected chi connectivity index (χ3v) is 4.25. The lowest BCUT2D eigenvalue weighted by molar-refractivity contribution is -0.914. The number of halogens is 1. The van der Waals surface area contributed by atoms with Crippen LogP contribution in [0, 0.1) is 0 Å². The molecule has 110 valence electrons. The second kappa shape index (κ2) is 6.28. The largest absolute Gasteiger partial charge is 0.358 e. The van der Waals surface area contributed by atoms with Gasteiger partial charge in [0.1, 0.15) is 11.6 Å². The van der Waals surface area contributed by atoms with Crippen molar-refractivity contribution in [1.29, 1.82) is 0 Å². The second-order valence-electron chi connectivity index (χ2n) is 5.30. The summed E-state index contributed by atoms with van der Waals surface area (Å²) in [6.07, 6.45) is 1.63. The number of piperazine rings is 1. The number of aromatic amines is 1. The first-order valence-electron chi connectivity index (χ1n) is 7.09. The van der Waals surface area contributed by atoms with Crippen LogP contribution in [0.15, 0.2) is 41.3 Å². The number of hydrogen-bond donors (Lipinski definition) is 2. The van der Waals surface area contributed by atoms with Crippen LogP contribution in [0.5, 0.6) is 0 Å². The highest BCUT2D eigenvalue weighted by Crippen LogP contribution is 2.19. The Morgan fingerprint density at radius 3 is 2.67 bits per heavy atom. The molecule has 2 N–H and O–H groups in total. The number of hydrogen-bond acceptors (Lipinski definition) is 3. The summed E-state index contributed by atoms with van der Waals surface area (Å²) < 4.78 is 0. The predicted octanol–water partition coefficient (Wildman–Crippen LogP) is 0.328. The van der Waals surface area contributed by atoms with Gasteiger partial charge >= 0.3 is 0 Å². The summed E-state index contributed by atoms with van der Waals surface area (Å²) in [5, 5.41) is 6.42. The van der Waals surface area contributed by atoms with Crippen LogP contribution in [0.4, 0.5) is 5.69 Å². The summed E-state index contributed by atoms with van der Waals surface area (Å²) in [7, 11) is 0. The molecule has 1 aliphatic rings. The summed E-state index contributed by atoms with van der Waals surface area (Å²) >= 11 is 6.06. The van der Waals surface area contributed by atoms with Gasteiger partial charge < -0.3 is 9.80 Å². The Morgan fingerprint density at radius 1 is 1.24 bits per heavy atom. The number of rotatable bonds is 3. The van der Waals surface area contributed by atoms with Crippen molar-refractivity contribution < 1.29 is 4.90 Å². The van der Waals surface area contributed by atoms with Crippen molar-refractivity contribution in [2.75, 3.05) is 31.1 Å². The molecule has 1 saturated heterocycles. The number of anilines is 1. The normalized spacial score (nSPS) is 16.1. The lowest BCUT2D eigenvalue weighted by Crippen LogP contribution is -3.13. The van der Waals surface area contributed by atoms with E-state index in [1.165, 1.54) is 5.56 Å². The Kier molecular flexibility index (Phi) is 4.22. The number of benzene rings is 1. The zero-order chi connectivity index (χ0) is 14.7. The number of aromatic nitrogens is 2. The molecule has 2 heterocycles. The molecule has 21 heavy (non-hydrogen) atoms. The molecule has 0 atom stereocenters. The highest BCUT2D eigenvalue weighted by atomic mass is 35.5. The van der Waals surface area contributed by atoms with Gasteiger partial charge in [0.25, 0.3) is 5.56 Å². The van der Waals surface area contributed by atoms with Crippen molar-refractivity contribution in [3.05, 3.63) is 57.5 Å². The minimum Gasteiger partial charge on any atom is -0.358 e. The zero-order valence-electron chi connectivity index (χ0n) is 11.7. The van der Waals surface area contributed by atoms with E-state index in [0.29, 0.717) is 0 Å². The van der Waals surface area contributed by atoms with E-state index in [0.717, 1.165) is 38.4 Å². The minimum absolute atomic E-state index is 0.233. The number of nitrogens with zero attached hydrogens (tertiary/aromatic N) is 2. The van der Waals surface area contributed by atoms with E-state index in [1.54, 1.807) is 11.1 Å². The van der Waals surface area contributed by atoms with Crippen molar-refractivity contribution in [1.82, 2.24) is 10.2 Å². The average Bonchev–Trinajstić information content (AvgIpc) is 2.52. The third kappa shape index (κ3) is 3.25. The van der Waals surface area contributed by atoms with E-state index in [2.05, 4.69) is 39.4 Å². The van der Waals surface area contributed by atoms with Crippen LogP contribution in [0.1, 0.15) is 5.56 Å². The van der Waals surface area contributed by atoms with Crippen molar-refractivity contribution in [3.8, 4) is 0 Å². The Hall–Kier alpha value is -1.85. The van der Waals surface area contributed by atoms with Gasteiger partial charge in [-0.1, -0.05) is 41.9 Å². The summed E-state index contributed by atoms with van der Waals surface area (Å²) in [5.74, 6) is 0. The highest BCUT2D eigenvalue weighted by molar-refractivity contribution is 6.32. The molecule has 0 spiro atoms. The maximum atomic E-state index is 11.5. The molecule has 0 amide bonds. The fourth-order valence-corrected chi connectivity index (χ4v) is 2.93. The zero-order valence-corrected chi connectivity index (χ0v) is 12.4. The van der Waals surface area contributed by atoms with Gasteiger partial charge in [0.05, 0.1) is 38.1 Å². The first-order valence-corrected chi connectivity index (χ1v) is 7.47. The van der Waals surface area contributed by atoms with Crippen molar-refractivity contribution in [3.63, 3.8) is 0 Å². The summed E-state index contributed by atoms with van der Waals surface area (Å²) in [6.45, 7) is 4.85. The molecule has 1 aliphatic heterocycles. The van der Waals surface area contributed by atoms with E-state index < -0.39 is 0 Å². The van der Waals surface area contributed by atoms with Crippen LogP contribution in [0.3, 0.4) is 0 Å². The second-order valence-corrected chi connectivity index (χ2v) is 5.68. The highest BCUT2D eigenvalue weighted by Gasteiger charge is 2.22. The molecule has 0 bridgehead atoms. The van der Waals surface area contributed by atoms with Crippen LogP contribution in [-0.4, -0.2) is 36.4 Å². The van der Waals surface area contributed by atoms with Gasteiger partial charge in [0, 0.05) is 5.56 Å². The fraction of sp³-hybridized carbons (Fsp3) is 0.333. The smallest absolute Gasteiger partial charge is 0.285 e. The van der Waals surface area contributed by atoms with Gasteiger partial charge in [-0.05, 0) is 0 Å². The fourth-order valence-electron chi connectivity index (χ4n) is 2.72. The molecule has 1 aromatic heterocycles. The summed E-state index contributed by atoms with van der Waals surface area (Å²) in [5.41, 5.74) is 1.77. The van der Waals surface area contributed by atoms with Crippen molar-refractivity contribution >= 4 is 17.3 Å². The molecule has 1 fully saturated rings. The van der Waals surface area contributed by atoms with Gasteiger partial charge in [-0.3, -0.25) is 4.79 Å². The summed E-state index contributed by atoms with van der Waals surface area (Å²) in [4.78, 5) is 15.2. The van der Waals surface area contributed by atoms with E-state index in [4.69, 9.17) is 11.6 Å². The van der Waals surface area contributed by atoms with Crippen LogP contribution < -0.4 is 15.4 Å². The molecule has 0 aliphatic carbocycles. The maximum Gasteiger partial charge on any atom is 0.285 e. The average molecular weight is 306 g/mol. The topological polar surface area (TPSA) is 53.4 Å². The number of quaternary nitrogens is 1. The van der Waals surface area contributed by atoms with E-state index in [1.807, 2.05) is 6.07 Å². The molecule has 3 rings (SSSR count). The molecule has 0 unspecified atom stereocenters. The Labute approximate surface area is 128 Å². The van der Waals surface area contributed by atoms with E-state index in [9.17, 15) is 4.79 Å². The molecule has 2 aromatic rings. The first kappa shape index (κ1) is 14.1. The van der Waals surface area contributed by atoms with Crippen molar-refractivity contribution in [2.24, 2.45) is 0 Å². The SMILES string of the molecule is O=c1[nH]ncc(N2CC[NH+](Cc3ccccc3)CC2)c1Cl. The van der Waals surface area contributed by atoms with Gasteiger partial charge in [-0.2, -0.15) is 5.10 Å². The standard InChI is InChI=1S/C15H17ClN4O/c16-14-13(10-17-18-15(14)21)20-8-6-19(7-9-20)11-12-4-2-1-3-5-12/h1-5,10H,6-9,11H2,(H,18,21)/p+1. The predicted molar refractivity (Wildman–Crippen MR) is 82.9 cm³/mol. The van der Waals surface area contributed by atoms with Crippen LogP contribution in [-0.2, 0) is 6.54 Å². The Morgan fingerprint density at radius 2 is 1.95 bits per heavy atom.